The van der Waals surface area contributed by atoms with Crippen LogP contribution in [0.25, 0.3) is 0 Å². The second-order valence-electron chi connectivity index (χ2n) is 8.30. The third kappa shape index (κ3) is 5.07. The molecule has 1 atom stereocenters. The summed E-state index contributed by atoms with van der Waals surface area (Å²) in [7, 11) is 0. The number of nitrogens with zero attached hydrogens (tertiary/aromatic N) is 2. The highest BCUT2D eigenvalue weighted by Crippen LogP contribution is 2.34. The highest BCUT2D eigenvalue weighted by atomic mass is 32.1. The molecule has 5 rings (SSSR count). The molecule has 1 aliphatic heterocycles. The van der Waals surface area contributed by atoms with Gasteiger partial charge in [-0.25, -0.2) is 4.98 Å². The van der Waals surface area contributed by atoms with E-state index in [1.807, 2.05) is 66.7 Å². The Morgan fingerprint density at radius 2 is 1.78 bits per heavy atom. The van der Waals surface area contributed by atoms with Crippen LogP contribution in [-0.4, -0.2) is 40.0 Å². The summed E-state index contributed by atoms with van der Waals surface area (Å²) in [5.74, 6) is -0.482. The molecule has 0 bridgehead atoms. The number of hydrogen-bond donors (Lipinski definition) is 4. The number of nitrogens with one attached hydrogen (secondary N) is 3. The van der Waals surface area contributed by atoms with Crippen LogP contribution in [0.15, 0.2) is 84.4 Å². The van der Waals surface area contributed by atoms with E-state index in [4.69, 9.17) is 5.11 Å². The number of rotatable bonds is 9. The molecule has 182 valence electrons. The van der Waals surface area contributed by atoms with Crippen molar-refractivity contribution in [1.82, 2.24) is 9.88 Å². The second kappa shape index (κ2) is 10.6. The number of anilines is 4. The van der Waals surface area contributed by atoms with Gasteiger partial charge in [-0.1, -0.05) is 30.3 Å². The summed E-state index contributed by atoms with van der Waals surface area (Å²) < 4.78 is 0. The van der Waals surface area contributed by atoms with Crippen molar-refractivity contribution in [2.45, 2.75) is 12.6 Å². The summed E-state index contributed by atoms with van der Waals surface area (Å²) in [6.45, 7) is 0.884. The van der Waals surface area contributed by atoms with Crippen LogP contribution in [0, 0.1) is 0 Å². The Morgan fingerprint density at radius 1 is 1.03 bits per heavy atom. The number of benzene rings is 3. The van der Waals surface area contributed by atoms with Gasteiger partial charge in [0.25, 0.3) is 11.8 Å². The molecule has 1 aromatic heterocycles. The van der Waals surface area contributed by atoms with Crippen molar-refractivity contribution in [3.8, 4) is 0 Å². The zero-order valence-electron chi connectivity index (χ0n) is 19.3. The number of aromatic nitrogens is 1. The molecule has 0 unspecified atom stereocenters. The van der Waals surface area contributed by atoms with E-state index in [9.17, 15) is 9.59 Å². The smallest absolute Gasteiger partial charge is 0.255 e. The summed E-state index contributed by atoms with van der Waals surface area (Å²) >= 11 is 1.33. The minimum Gasteiger partial charge on any atom is -0.395 e. The normalized spacial score (nSPS) is 13.2. The van der Waals surface area contributed by atoms with Crippen molar-refractivity contribution in [2.24, 2.45) is 0 Å². The van der Waals surface area contributed by atoms with E-state index >= 15 is 0 Å². The fourth-order valence-corrected chi connectivity index (χ4v) is 4.77. The first kappa shape index (κ1) is 23.5. The number of thiazole rings is 1. The van der Waals surface area contributed by atoms with Crippen molar-refractivity contribution in [2.75, 3.05) is 29.1 Å². The van der Waals surface area contributed by atoms with Crippen molar-refractivity contribution < 1.29 is 14.7 Å². The standard InChI is InChI=1S/C27H25N5O3S/c33-14-12-28-20-6-8-21(9-7-20)30-22-10-11-23-19(16-22)17-32(26(23)35)24(18-4-2-1-3-5-18)25(34)31-27-29-13-15-36-27/h1-11,13,15-16,24,28,30,33H,12,14,17H2,(H,29,31,34)/t24-/m1/s1. The molecule has 0 fully saturated rings. The fourth-order valence-electron chi connectivity index (χ4n) is 4.23. The summed E-state index contributed by atoms with van der Waals surface area (Å²) in [6.07, 6.45) is 1.63. The van der Waals surface area contributed by atoms with E-state index in [1.165, 1.54) is 11.3 Å². The van der Waals surface area contributed by atoms with E-state index < -0.39 is 6.04 Å². The first-order valence-corrected chi connectivity index (χ1v) is 12.4. The number of fused-ring (bicyclic) bond motifs is 1. The summed E-state index contributed by atoms with van der Waals surface area (Å²) in [4.78, 5) is 32.5. The molecule has 3 aromatic carbocycles. The molecule has 9 heteroatoms. The molecule has 2 amide bonds. The Kier molecular flexibility index (Phi) is 6.92. The van der Waals surface area contributed by atoms with E-state index in [0.29, 0.717) is 23.8 Å². The highest BCUT2D eigenvalue weighted by Gasteiger charge is 2.37. The van der Waals surface area contributed by atoms with Gasteiger partial charge in [0.1, 0.15) is 6.04 Å². The van der Waals surface area contributed by atoms with Crippen LogP contribution in [0.2, 0.25) is 0 Å². The van der Waals surface area contributed by atoms with Gasteiger partial charge in [0.15, 0.2) is 5.13 Å². The zero-order chi connectivity index (χ0) is 24.9. The Balaban J connectivity index is 1.36. The predicted octanol–water partition coefficient (Wildman–Crippen LogP) is 4.63. The summed E-state index contributed by atoms with van der Waals surface area (Å²) in [5, 5.41) is 20.6. The lowest BCUT2D eigenvalue weighted by atomic mass is 10.0. The van der Waals surface area contributed by atoms with Crippen LogP contribution in [0.1, 0.15) is 27.5 Å². The molecular formula is C27H25N5O3S. The Bertz CT molecular complexity index is 1340. The van der Waals surface area contributed by atoms with Crippen molar-refractivity contribution in [3.05, 3.63) is 101 Å². The molecule has 0 saturated heterocycles. The number of carbonyl (C=O) groups is 2. The number of aliphatic hydroxyl groups is 1. The predicted molar refractivity (Wildman–Crippen MR) is 142 cm³/mol. The minimum absolute atomic E-state index is 0.0720. The first-order valence-electron chi connectivity index (χ1n) is 11.5. The fraction of sp³-hybridized carbons (Fsp3) is 0.148. The average molecular weight is 500 g/mol. The van der Waals surface area contributed by atoms with Gasteiger partial charge < -0.3 is 20.6 Å². The molecular weight excluding hydrogens is 474 g/mol. The third-order valence-corrected chi connectivity index (χ3v) is 6.58. The SMILES string of the molecule is O=C(Nc1nccs1)[C@@H](c1ccccc1)N1Cc2cc(Nc3ccc(NCCO)cc3)ccc2C1=O. The minimum atomic E-state index is -0.787. The van der Waals surface area contributed by atoms with Crippen LogP contribution in [0.5, 0.6) is 0 Å². The van der Waals surface area contributed by atoms with Gasteiger partial charge >= 0.3 is 0 Å². The molecule has 1 aliphatic rings. The van der Waals surface area contributed by atoms with Gasteiger partial charge in [-0.3, -0.25) is 14.9 Å². The molecule has 4 aromatic rings. The highest BCUT2D eigenvalue weighted by molar-refractivity contribution is 7.13. The zero-order valence-corrected chi connectivity index (χ0v) is 20.2. The molecule has 0 radical (unpaired) electrons. The van der Waals surface area contributed by atoms with E-state index in [1.54, 1.807) is 22.5 Å². The van der Waals surface area contributed by atoms with Gasteiger partial charge in [0.05, 0.1) is 6.61 Å². The van der Waals surface area contributed by atoms with Crippen molar-refractivity contribution in [3.63, 3.8) is 0 Å². The molecule has 0 spiro atoms. The number of aliphatic hydroxyl groups excluding tert-OH is 1. The maximum Gasteiger partial charge on any atom is 0.255 e. The van der Waals surface area contributed by atoms with Crippen LogP contribution in [0.4, 0.5) is 22.2 Å². The Hall–Kier alpha value is -4.21. The van der Waals surface area contributed by atoms with Gasteiger partial charge in [-0.2, -0.15) is 0 Å². The molecule has 8 nitrogen and oxygen atoms in total. The second-order valence-corrected chi connectivity index (χ2v) is 9.19. The van der Waals surface area contributed by atoms with Crippen LogP contribution in [-0.2, 0) is 11.3 Å². The van der Waals surface area contributed by atoms with Gasteiger partial charge in [0, 0.05) is 47.3 Å². The van der Waals surface area contributed by atoms with Crippen LogP contribution in [0.3, 0.4) is 0 Å². The van der Waals surface area contributed by atoms with Crippen molar-refractivity contribution >= 4 is 45.3 Å². The largest absolute Gasteiger partial charge is 0.395 e. The van der Waals surface area contributed by atoms with E-state index in [-0.39, 0.29) is 18.4 Å². The van der Waals surface area contributed by atoms with Crippen LogP contribution >= 0.6 is 11.3 Å². The lowest BCUT2D eigenvalue weighted by Crippen LogP contribution is -2.37. The molecule has 2 heterocycles. The third-order valence-electron chi connectivity index (χ3n) is 5.89. The van der Waals surface area contributed by atoms with E-state index in [0.717, 1.165) is 28.2 Å². The van der Waals surface area contributed by atoms with Gasteiger partial charge in [-0.15, -0.1) is 11.3 Å². The Morgan fingerprint density at radius 3 is 2.50 bits per heavy atom. The maximum absolute atomic E-state index is 13.4. The molecule has 4 N–H and O–H groups in total. The van der Waals surface area contributed by atoms with Crippen LogP contribution < -0.4 is 16.0 Å². The first-order chi connectivity index (χ1) is 17.6. The monoisotopic (exact) mass is 499 g/mol. The number of amides is 2. The quantitative estimate of drug-likeness (QED) is 0.268. The average Bonchev–Trinajstić information content (AvgIpc) is 3.52. The maximum atomic E-state index is 13.4. The van der Waals surface area contributed by atoms with E-state index in [2.05, 4.69) is 20.9 Å². The topological polar surface area (TPSA) is 107 Å². The lowest BCUT2D eigenvalue weighted by molar-refractivity contribution is -0.120. The lowest BCUT2D eigenvalue weighted by Gasteiger charge is -2.27. The molecule has 36 heavy (non-hydrogen) atoms. The molecule has 0 aliphatic carbocycles. The van der Waals surface area contributed by atoms with Crippen molar-refractivity contribution in [1.29, 1.82) is 0 Å². The molecule has 0 saturated carbocycles. The van der Waals surface area contributed by atoms with Gasteiger partial charge in [-0.05, 0) is 53.6 Å². The summed E-state index contributed by atoms with van der Waals surface area (Å²) in [6, 6.07) is 21.9. The van der Waals surface area contributed by atoms with Gasteiger partial charge in [0.2, 0.25) is 0 Å². The summed E-state index contributed by atoms with van der Waals surface area (Å²) in [5.41, 5.74) is 4.86. The number of hydrogen-bond acceptors (Lipinski definition) is 7. The number of carbonyl (C=O) groups excluding carboxylic acids is 2. The Labute approximate surface area is 212 Å².